The van der Waals surface area contributed by atoms with E-state index in [1.54, 1.807) is 34.4 Å². The predicted molar refractivity (Wildman–Crippen MR) is 138 cm³/mol. The van der Waals surface area contributed by atoms with Gasteiger partial charge in [0.05, 0.1) is 15.8 Å². The van der Waals surface area contributed by atoms with Crippen LogP contribution in [-0.4, -0.2) is 34.6 Å². The standard InChI is InChI=1S/C25H25N3OS3/c1-3-28-14-13-16-21(15-28)32-25(22(16)24-26-18-10-6-8-12-20(18)31-24)27-23(29)17-9-5-7-11-19(17)30-4-2/h5-12H,3-4,13-15H2,1-2H3,(H,27,29). The van der Waals surface area contributed by atoms with Crippen molar-refractivity contribution in [3.8, 4) is 10.6 Å². The number of nitrogens with one attached hydrogen (secondary N) is 1. The van der Waals surface area contributed by atoms with Crippen LogP contribution in [0.5, 0.6) is 0 Å². The molecule has 4 nitrogen and oxygen atoms in total. The molecule has 3 heterocycles. The molecule has 0 saturated heterocycles. The summed E-state index contributed by atoms with van der Waals surface area (Å²) in [5, 5.41) is 5.20. The number of anilines is 1. The number of rotatable bonds is 6. The Balaban J connectivity index is 1.57. The number of aromatic nitrogens is 1. The van der Waals surface area contributed by atoms with Gasteiger partial charge in [-0.2, -0.15) is 0 Å². The Labute approximate surface area is 200 Å². The average Bonchev–Trinajstić information content (AvgIpc) is 3.39. The first-order valence-electron chi connectivity index (χ1n) is 10.9. The van der Waals surface area contributed by atoms with Gasteiger partial charge in [-0.1, -0.05) is 38.1 Å². The third-order valence-electron chi connectivity index (χ3n) is 5.75. The van der Waals surface area contributed by atoms with Crippen LogP contribution in [0.1, 0.15) is 34.6 Å². The molecule has 164 valence electrons. The van der Waals surface area contributed by atoms with E-state index in [2.05, 4.69) is 42.3 Å². The summed E-state index contributed by atoms with van der Waals surface area (Å²) >= 11 is 5.12. The summed E-state index contributed by atoms with van der Waals surface area (Å²) in [4.78, 5) is 23.1. The highest BCUT2D eigenvalue weighted by molar-refractivity contribution is 7.99. The Morgan fingerprint density at radius 3 is 2.75 bits per heavy atom. The predicted octanol–water partition coefficient (Wildman–Crippen LogP) is 6.77. The Morgan fingerprint density at radius 1 is 1.12 bits per heavy atom. The Morgan fingerprint density at radius 2 is 1.94 bits per heavy atom. The van der Waals surface area contributed by atoms with Crippen molar-refractivity contribution in [2.45, 2.75) is 31.7 Å². The lowest BCUT2D eigenvalue weighted by Gasteiger charge is -2.25. The zero-order valence-corrected chi connectivity index (χ0v) is 20.6. The number of benzene rings is 2. The summed E-state index contributed by atoms with van der Waals surface area (Å²) in [6.07, 6.45) is 0.989. The fourth-order valence-electron chi connectivity index (χ4n) is 4.13. The minimum Gasteiger partial charge on any atom is -0.313 e. The SMILES string of the molecule is CCSc1ccccc1C(=O)Nc1sc2c(c1-c1nc3ccccc3s1)CCN(CC)C2. The van der Waals surface area contributed by atoms with Crippen LogP contribution in [0.2, 0.25) is 0 Å². The number of carbonyl (C=O) groups excluding carboxylic acids is 1. The van der Waals surface area contributed by atoms with E-state index in [4.69, 9.17) is 4.98 Å². The quantitative estimate of drug-likeness (QED) is 0.310. The molecule has 0 radical (unpaired) electrons. The Hall–Kier alpha value is -2.19. The number of hydrogen-bond acceptors (Lipinski definition) is 6. The molecule has 1 aliphatic heterocycles. The summed E-state index contributed by atoms with van der Waals surface area (Å²) in [7, 11) is 0. The number of carbonyl (C=O) groups is 1. The first kappa shape index (κ1) is 21.6. The van der Waals surface area contributed by atoms with Crippen LogP contribution in [0, 0.1) is 0 Å². The summed E-state index contributed by atoms with van der Waals surface area (Å²) in [6, 6.07) is 16.1. The number of thioether (sulfide) groups is 1. The van der Waals surface area contributed by atoms with Crippen molar-refractivity contribution in [2.75, 3.05) is 24.2 Å². The molecular formula is C25H25N3OS3. The van der Waals surface area contributed by atoms with Crippen molar-refractivity contribution in [2.24, 2.45) is 0 Å². The van der Waals surface area contributed by atoms with Gasteiger partial charge in [0.15, 0.2) is 0 Å². The van der Waals surface area contributed by atoms with E-state index in [1.165, 1.54) is 15.1 Å². The van der Waals surface area contributed by atoms with E-state index in [9.17, 15) is 4.79 Å². The maximum absolute atomic E-state index is 13.4. The van der Waals surface area contributed by atoms with Crippen LogP contribution in [0.25, 0.3) is 20.8 Å². The fraction of sp³-hybridized carbons (Fsp3) is 0.280. The highest BCUT2D eigenvalue weighted by atomic mass is 32.2. The van der Waals surface area contributed by atoms with Crippen molar-refractivity contribution >= 4 is 55.6 Å². The summed E-state index contributed by atoms with van der Waals surface area (Å²) < 4.78 is 1.18. The van der Waals surface area contributed by atoms with Gasteiger partial charge in [0.25, 0.3) is 5.91 Å². The smallest absolute Gasteiger partial charge is 0.257 e. The summed E-state index contributed by atoms with van der Waals surface area (Å²) in [6.45, 7) is 7.33. The van der Waals surface area contributed by atoms with Crippen molar-refractivity contribution in [1.82, 2.24) is 9.88 Å². The second-order valence-corrected chi connectivity index (χ2v) is 11.1. The first-order valence-corrected chi connectivity index (χ1v) is 13.6. The van der Waals surface area contributed by atoms with Gasteiger partial charge in [-0.05, 0) is 48.5 Å². The minimum atomic E-state index is -0.0464. The molecule has 1 amide bonds. The van der Waals surface area contributed by atoms with Gasteiger partial charge >= 0.3 is 0 Å². The van der Waals surface area contributed by atoms with Gasteiger partial charge in [-0.3, -0.25) is 9.69 Å². The first-order chi connectivity index (χ1) is 15.7. The monoisotopic (exact) mass is 479 g/mol. The second-order valence-electron chi connectivity index (χ2n) is 7.70. The van der Waals surface area contributed by atoms with E-state index in [0.717, 1.165) is 63.4 Å². The zero-order chi connectivity index (χ0) is 22.1. The largest absolute Gasteiger partial charge is 0.313 e. The van der Waals surface area contributed by atoms with E-state index >= 15 is 0 Å². The van der Waals surface area contributed by atoms with Crippen molar-refractivity contribution in [3.05, 3.63) is 64.5 Å². The van der Waals surface area contributed by atoms with Gasteiger partial charge in [0.2, 0.25) is 0 Å². The number of thiophene rings is 1. The van der Waals surface area contributed by atoms with Crippen LogP contribution in [-0.2, 0) is 13.0 Å². The van der Waals surface area contributed by atoms with Crippen molar-refractivity contribution in [1.29, 1.82) is 0 Å². The molecule has 0 saturated carbocycles. The molecule has 1 N–H and O–H groups in total. The lowest BCUT2D eigenvalue weighted by Crippen LogP contribution is -2.29. The van der Waals surface area contributed by atoms with Crippen LogP contribution >= 0.6 is 34.4 Å². The number of amides is 1. The van der Waals surface area contributed by atoms with Crippen molar-refractivity contribution in [3.63, 3.8) is 0 Å². The van der Waals surface area contributed by atoms with Crippen LogP contribution < -0.4 is 5.32 Å². The molecular weight excluding hydrogens is 454 g/mol. The number of likely N-dealkylation sites (N-methyl/N-ethyl adjacent to an activating group) is 1. The molecule has 1 aliphatic rings. The molecule has 2 aromatic carbocycles. The molecule has 0 aliphatic carbocycles. The molecule has 0 bridgehead atoms. The number of fused-ring (bicyclic) bond motifs is 2. The molecule has 0 fully saturated rings. The number of nitrogens with zero attached hydrogens (tertiary/aromatic N) is 2. The van der Waals surface area contributed by atoms with Crippen molar-refractivity contribution < 1.29 is 4.79 Å². The summed E-state index contributed by atoms with van der Waals surface area (Å²) in [5.41, 5.74) is 4.22. The lowest BCUT2D eigenvalue weighted by molar-refractivity contribution is 0.102. The normalized spacial score (nSPS) is 13.9. The topological polar surface area (TPSA) is 45.2 Å². The molecule has 0 atom stereocenters. The van der Waals surface area contributed by atoms with Gasteiger partial charge in [0, 0.05) is 28.4 Å². The van der Waals surface area contributed by atoms with Crippen LogP contribution in [0.4, 0.5) is 5.00 Å². The lowest BCUT2D eigenvalue weighted by atomic mass is 10.0. The molecule has 4 aromatic rings. The van der Waals surface area contributed by atoms with Crippen LogP contribution in [0.3, 0.4) is 0 Å². The maximum Gasteiger partial charge on any atom is 0.257 e. The van der Waals surface area contributed by atoms with E-state index in [1.807, 2.05) is 30.3 Å². The Kier molecular flexibility index (Phi) is 6.33. The number of thiazole rings is 1. The molecule has 7 heteroatoms. The molecule has 32 heavy (non-hydrogen) atoms. The molecule has 0 spiro atoms. The number of para-hydroxylation sites is 1. The highest BCUT2D eigenvalue weighted by Gasteiger charge is 2.27. The second kappa shape index (κ2) is 9.35. The fourth-order valence-corrected chi connectivity index (χ4v) is 7.32. The van der Waals surface area contributed by atoms with E-state index in [-0.39, 0.29) is 5.91 Å². The van der Waals surface area contributed by atoms with Gasteiger partial charge in [-0.15, -0.1) is 34.4 Å². The highest BCUT2D eigenvalue weighted by Crippen LogP contribution is 2.46. The van der Waals surface area contributed by atoms with Gasteiger partial charge in [0.1, 0.15) is 10.0 Å². The number of hydrogen-bond donors (Lipinski definition) is 1. The minimum absolute atomic E-state index is 0.0464. The third-order valence-corrected chi connectivity index (χ3v) is 8.89. The summed E-state index contributed by atoms with van der Waals surface area (Å²) in [5.74, 6) is 0.886. The van der Waals surface area contributed by atoms with Gasteiger partial charge < -0.3 is 5.32 Å². The van der Waals surface area contributed by atoms with E-state index < -0.39 is 0 Å². The average molecular weight is 480 g/mol. The Bertz CT molecular complexity index is 1240. The maximum atomic E-state index is 13.4. The molecule has 0 unspecified atom stereocenters. The molecule has 2 aromatic heterocycles. The zero-order valence-electron chi connectivity index (χ0n) is 18.2. The van der Waals surface area contributed by atoms with Crippen LogP contribution in [0.15, 0.2) is 53.4 Å². The van der Waals surface area contributed by atoms with Gasteiger partial charge in [-0.25, -0.2) is 4.98 Å². The van der Waals surface area contributed by atoms with E-state index in [0.29, 0.717) is 0 Å². The third kappa shape index (κ3) is 4.10. The molecule has 5 rings (SSSR count).